The summed E-state index contributed by atoms with van der Waals surface area (Å²) in [5, 5.41) is 0. The van der Waals surface area contributed by atoms with E-state index in [2.05, 4.69) is 42.5 Å². The predicted molar refractivity (Wildman–Crippen MR) is 76.7 cm³/mol. The van der Waals surface area contributed by atoms with Crippen LogP contribution in [-0.4, -0.2) is 6.54 Å². The van der Waals surface area contributed by atoms with E-state index in [1.165, 1.54) is 34.2 Å². The molecule has 92 valence electrons. The lowest BCUT2D eigenvalue weighted by molar-refractivity contribution is 0.741. The van der Waals surface area contributed by atoms with Crippen molar-refractivity contribution < 1.29 is 0 Å². The molecule has 1 nitrogen and oxygen atoms in total. The third kappa shape index (κ3) is 1.95. The summed E-state index contributed by atoms with van der Waals surface area (Å²) in [6.45, 7) is 0.801. The summed E-state index contributed by atoms with van der Waals surface area (Å²) in [6, 6.07) is 15.5. The zero-order valence-corrected chi connectivity index (χ0v) is 10.7. The van der Waals surface area contributed by atoms with Gasteiger partial charge in [-0.1, -0.05) is 42.5 Å². The molecule has 0 fully saturated rings. The zero-order valence-electron chi connectivity index (χ0n) is 10.7. The highest BCUT2D eigenvalue weighted by molar-refractivity contribution is 5.77. The minimum Gasteiger partial charge on any atom is -0.330 e. The Morgan fingerprint density at radius 2 is 1.72 bits per heavy atom. The maximum atomic E-state index is 5.57. The molecule has 0 radical (unpaired) electrons. The molecule has 0 bridgehead atoms. The van der Waals surface area contributed by atoms with Crippen LogP contribution in [0.4, 0.5) is 0 Å². The van der Waals surface area contributed by atoms with E-state index in [4.69, 9.17) is 5.73 Å². The lowest BCUT2D eigenvalue weighted by Crippen LogP contribution is -2.00. The van der Waals surface area contributed by atoms with Gasteiger partial charge < -0.3 is 5.73 Å². The van der Waals surface area contributed by atoms with Crippen LogP contribution >= 0.6 is 0 Å². The van der Waals surface area contributed by atoms with Gasteiger partial charge in [0.1, 0.15) is 0 Å². The molecule has 0 spiro atoms. The van der Waals surface area contributed by atoms with E-state index in [0.29, 0.717) is 0 Å². The summed E-state index contributed by atoms with van der Waals surface area (Å²) < 4.78 is 0. The lowest BCUT2D eigenvalue weighted by atomic mass is 9.97. The molecule has 18 heavy (non-hydrogen) atoms. The van der Waals surface area contributed by atoms with Crippen LogP contribution in [0.25, 0.3) is 11.1 Å². The fourth-order valence-electron chi connectivity index (χ4n) is 2.92. The molecule has 0 heterocycles. The van der Waals surface area contributed by atoms with Gasteiger partial charge in [-0.3, -0.25) is 0 Å². The van der Waals surface area contributed by atoms with E-state index in [1.54, 1.807) is 0 Å². The van der Waals surface area contributed by atoms with E-state index in [1.807, 2.05) is 0 Å². The molecule has 0 aromatic heterocycles. The maximum absolute atomic E-state index is 5.57. The maximum Gasteiger partial charge on any atom is -0.00107 e. The van der Waals surface area contributed by atoms with E-state index >= 15 is 0 Å². The number of unbranched alkanes of at least 4 members (excludes halogenated alkanes) is 1. The SMILES string of the molecule is NCCCCc1cccc2c1Cc1ccccc1-2. The summed E-state index contributed by atoms with van der Waals surface area (Å²) >= 11 is 0. The second kappa shape index (κ2) is 4.95. The topological polar surface area (TPSA) is 26.0 Å². The molecule has 2 N–H and O–H groups in total. The lowest BCUT2D eigenvalue weighted by Gasteiger charge is -2.08. The van der Waals surface area contributed by atoms with Gasteiger partial charge in [0.15, 0.2) is 0 Å². The molecule has 1 heteroatoms. The molecular formula is C17H19N. The van der Waals surface area contributed by atoms with Crippen molar-refractivity contribution in [2.24, 2.45) is 5.73 Å². The molecule has 1 aliphatic rings. The fraction of sp³-hybridized carbons (Fsp3) is 0.294. The Morgan fingerprint density at radius 1 is 0.889 bits per heavy atom. The van der Waals surface area contributed by atoms with Crippen LogP contribution in [0, 0.1) is 0 Å². The highest BCUT2D eigenvalue weighted by Crippen LogP contribution is 2.38. The molecule has 3 rings (SSSR count). The van der Waals surface area contributed by atoms with Crippen molar-refractivity contribution in [2.45, 2.75) is 25.7 Å². The van der Waals surface area contributed by atoms with Crippen LogP contribution in [0.2, 0.25) is 0 Å². The number of rotatable bonds is 4. The number of nitrogens with two attached hydrogens (primary N) is 1. The molecule has 0 amide bonds. The van der Waals surface area contributed by atoms with Crippen molar-refractivity contribution in [3.63, 3.8) is 0 Å². The number of aryl methyl sites for hydroxylation is 1. The van der Waals surface area contributed by atoms with Crippen molar-refractivity contribution in [3.05, 3.63) is 59.2 Å². The van der Waals surface area contributed by atoms with Crippen LogP contribution in [0.3, 0.4) is 0 Å². The van der Waals surface area contributed by atoms with Crippen molar-refractivity contribution >= 4 is 0 Å². The highest BCUT2D eigenvalue weighted by atomic mass is 14.5. The van der Waals surface area contributed by atoms with Gasteiger partial charge in [0, 0.05) is 0 Å². The summed E-state index contributed by atoms with van der Waals surface area (Å²) in [4.78, 5) is 0. The van der Waals surface area contributed by atoms with E-state index in [-0.39, 0.29) is 0 Å². The van der Waals surface area contributed by atoms with Gasteiger partial charge in [-0.05, 0) is 60.0 Å². The van der Waals surface area contributed by atoms with Crippen LogP contribution in [0.15, 0.2) is 42.5 Å². The molecule has 2 aromatic rings. The fourth-order valence-corrected chi connectivity index (χ4v) is 2.92. The molecule has 0 aliphatic heterocycles. The van der Waals surface area contributed by atoms with Crippen molar-refractivity contribution in [2.75, 3.05) is 6.54 Å². The van der Waals surface area contributed by atoms with Crippen LogP contribution in [-0.2, 0) is 12.8 Å². The minimum atomic E-state index is 0.801. The first-order valence-corrected chi connectivity index (χ1v) is 6.79. The van der Waals surface area contributed by atoms with E-state index in [9.17, 15) is 0 Å². The Balaban J connectivity index is 1.93. The molecule has 1 aliphatic carbocycles. The normalized spacial score (nSPS) is 12.3. The predicted octanol–water partition coefficient (Wildman–Crippen LogP) is 3.54. The molecule has 0 atom stereocenters. The number of fused-ring (bicyclic) bond motifs is 3. The molecule has 0 unspecified atom stereocenters. The van der Waals surface area contributed by atoms with Crippen molar-refractivity contribution in [3.8, 4) is 11.1 Å². The Hall–Kier alpha value is -1.60. The Bertz CT molecular complexity index is 557. The zero-order chi connectivity index (χ0) is 12.4. The summed E-state index contributed by atoms with van der Waals surface area (Å²) in [6.07, 6.45) is 4.58. The third-order valence-corrected chi connectivity index (χ3v) is 3.85. The summed E-state index contributed by atoms with van der Waals surface area (Å²) in [7, 11) is 0. The first kappa shape index (κ1) is 11.5. The van der Waals surface area contributed by atoms with Crippen LogP contribution in [0.1, 0.15) is 29.5 Å². The largest absolute Gasteiger partial charge is 0.330 e. The van der Waals surface area contributed by atoms with Gasteiger partial charge in [0.25, 0.3) is 0 Å². The Labute approximate surface area is 109 Å². The van der Waals surface area contributed by atoms with E-state index in [0.717, 1.165) is 25.8 Å². The standard InChI is InChI=1S/C17H19N/c18-11-4-3-6-13-8-5-10-16-15-9-2-1-7-14(15)12-17(13)16/h1-2,5,7-10H,3-4,6,11-12,18H2. The molecule has 0 saturated carbocycles. The van der Waals surface area contributed by atoms with Gasteiger partial charge in [-0.2, -0.15) is 0 Å². The van der Waals surface area contributed by atoms with Gasteiger partial charge in [0.2, 0.25) is 0 Å². The summed E-state index contributed by atoms with van der Waals surface area (Å²) in [5.74, 6) is 0. The van der Waals surface area contributed by atoms with Crippen LogP contribution < -0.4 is 5.73 Å². The molecular weight excluding hydrogens is 218 g/mol. The second-order valence-electron chi connectivity index (χ2n) is 5.02. The van der Waals surface area contributed by atoms with Gasteiger partial charge >= 0.3 is 0 Å². The first-order valence-electron chi connectivity index (χ1n) is 6.79. The third-order valence-electron chi connectivity index (χ3n) is 3.85. The second-order valence-corrected chi connectivity index (χ2v) is 5.02. The van der Waals surface area contributed by atoms with Gasteiger partial charge in [0.05, 0.1) is 0 Å². The molecule has 2 aromatic carbocycles. The minimum absolute atomic E-state index is 0.801. The van der Waals surface area contributed by atoms with Gasteiger partial charge in [-0.15, -0.1) is 0 Å². The average Bonchev–Trinajstić information content (AvgIpc) is 2.79. The van der Waals surface area contributed by atoms with Gasteiger partial charge in [-0.25, -0.2) is 0 Å². The number of hydrogen-bond donors (Lipinski definition) is 1. The highest BCUT2D eigenvalue weighted by Gasteiger charge is 2.19. The smallest absolute Gasteiger partial charge is 0.00107 e. The Kier molecular flexibility index (Phi) is 3.16. The number of benzene rings is 2. The monoisotopic (exact) mass is 237 g/mol. The Morgan fingerprint density at radius 3 is 2.61 bits per heavy atom. The molecule has 0 saturated heterocycles. The summed E-state index contributed by atoms with van der Waals surface area (Å²) in [5.41, 5.74) is 13.0. The first-order chi connectivity index (χ1) is 8.90. The van der Waals surface area contributed by atoms with Crippen molar-refractivity contribution in [1.29, 1.82) is 0 Å². The number of hydrogen-bond acceptors (Lipinski definition) is 1. The van der Waals surface area contributed by atoms with Crippen LogP contribution in [0.5, 0.6) is 0 Å². The average molecular weight is 237 g/mol. The quantitative estimate of drug-likeness (QED) is 0.690. The van der Waals surface area contributed by atoms with Crippen molar-refractivity contribution in [1.82, 2.24) is 0 Å². The van der Waals surface area contributed by atoms with E-state index < -0.39 is 0 Å².